The third kappa shape index (κ3) is 6.05. The SMILES string of the molecule is C=C(/C=C\C(CC=NC)=C(\C)CC)CC. The van der Waals surface area contributed by atoms with E-state index < -0.39 is 0 Å². The van der Waals surface area contributed by atoms with E-state index >= 15 is 0 Å². The summed E-state index contributed by atoms with van der Waals surface area (Å²) in [5, 5.41) is 0. The third-order valence-corrected chi connectivity index (χ3v) is 2.55. The van der Waals surface area contributed by atoms with Gasteiger partial charge in [-0.15, -0.1) is 0 Å². The lowest BCUT2D eigenvalue weighted by atomic mass is 10.0. The van der Waals surface area contributed by atoms with Crippen molar-refractivity contribution in [2.24, 2.45) is 4.99 Å². The van der Waals surface area contributed by atoms with Gasteiger partial charge >= 0.3 is 0 Å². The lowest BCUT2D eigenvalue weighted by molar-refractivity contribution is 1.06. The summed E-state index contributed by atoms with van der Waals surface area (Å²) in [7, 11) is 1.81. The highest BCUT2D eigenvalue weighted by Gasteiger charge is 1.96. The lowest BCUT2D eigenvalue weighted by Gasteiger charge is -2.04. The van der Waals surface area contributed by atoms with E-state index in [1.807, 2.05) is 13.3 Å². The first kappa shape index (κ1) is 13.9. The van der Waals surface area contributed by atoms with Gasteiger partial charge in [0.1, 0.15) is 0 Å². The summed E-state index contributed by atoms with van der Waals surface area (Å²) in [4.78, 5) is 4.02. The van der Waals surface area contributed by atoms with Crippen LogP contribution in [0, 0.1) is 0 Å². The number of nitrogens with zero attached hydrogens (tertiary/aromatic N) is 1. The second-order valence-corrected chi connectivity index (χ2v) is 3.65. The number of allylic oxidation sites excluding steroid dienone is 5. The zero-order chi connectivity index (χ0) is 11.7. The molecule has 0 N–H and O–H groups in total. The van der Waals surface area contributed by atoms with Crippen LogP contribution in [0.3, 0.4) is 0 Å². The summed E-state index contributed by atoms with van der Waals surface area (Å²) in [6.45, 7) is 10.4. The minimum atomic E-state index is 0.920. The van der Waals surface area contributed by atoms with Crippen LogP contribution < -0.4 is 0 Å². The number of hydrogen-bond donors (Lipinski definition) is 0. The Balaban J connectivity index is 4.66. The second-order valence-electron chi connectivity index (χ2n) is 3.65. The Morgan fingerprint density at radius 1 is 1.20 bits per heavy atom. The molecule has 0 aromatic heterocycles. The lowest BCUT2D eigenvalue weighted by Crippen LogP contribution is -1.87. The van der Waals surface area contributed by atoms with E-state index in [1.54, 1.807) is 0 Å². The van der Waals surface area contributed by atoms with E-state index in [-0.39, 0.29) is 0 Å². The van der Waals surface area contributed by atoms with Gasteiger partial charge in [0.2, 0.25) is 0 Å². The normalized spacial score (nSPS) is 13.6. The summed E-state index contributed by atoms with van der Waals surface area (Å²) >= 11 is 0. The summed E-state index contributed by atoms with van der Waals surface area (Å²) in [5.74, 6) is 0. The van der Waals surface area contributed by atoms with Gasteiger partial charge in [-0.05, 0) is 25.3 Å². The van der Waals surface area contributed by atoms with Gasteiger partial charge in [0.15, 0.2) is 0 Å². The molecule has 0 saturated heterocycles. The zero-order valence-electron chi connectivity index (χ0n) is 10.5. The molecular formula is C14H23N. The smallest absolute Gasteiger partial charge is 0.0273 e. The molecule has 0 aromatic carbocycles. The van der Waals surface area contributed by atoms with E-state index in [0.29, 0.717) is 0 Å². The maximum atomic E-state index is 4.02. The van der Waals surface area contributed by atoms with Gasteiger partial charge < -0.3 is 4.99 Å². The van der Waals surface area contributed by atoms with Crippen LogP contribution in [0.4, 0.5) is 0 Å². The van der Waals surface area contributed by atoms with Crippen LogP contribution in [0.2, 0.25) is 0 Å². The van der Waals surface area contributed by atoms with Gasteiger partial charge in [-0.25, -0.2) is 0 Å². The first-order valence-electron chi connectivity index (χ1n) is 5.60. The van der Waals surface area contributed by atoms with Crippen molar-refractivity contribution in [1.29, 1.82) is 0 Å². The quantitative estimate of drug-likeness (QED) is 0.452. The van der Waals surface area contributed by atoms with Gasteiger partial charge in [-0.3, -0.25) is 0 Å². The predicted molar refractivity (Wildman–Crippen MR) is 70.6 cm³/mol. The molecule has 1 nitrogen and oxygen atoms in total. The van der Waals surface area contributed by atoms with Crippen molar-refractivity contribution in [1.82, 2.24) is 0 Å². The molecular weight excluding hydrogens is 182 g/mol. The summed E-state index contributed by atoms with van der Waals surface area (Å²) in [6.07, 6.45) is 9.26. The molecule has 0 aliphatic rings. The maximum absolute atomic E-state index is 4.02. The average Bonchev–Trinajstić information content (AvgIpc) is 2.27. The first-order valence-corrected chi connectivity index (χ1v) is 5.60. The molecule has 0 unspecified atom stereocenters. The fourth-order valence-corrected chi connectivity index (χ4v) is 1.14. The van der Waals surface area contributed by atoms with Gasteiger partial charge in [0, 0.05) is 19.7 Å². The Bertz CT molecular complexity index is 280. The first-order chi connectivity index (χ1) is 7.15. The molecule has 0 saturated carbocycles. The minimum Gasteiger partial charge on any atom is -0.301 e. The average molecular weight is 205 g/mol. The van der Waals surface area contributed by atoms with Crippen molar-refractivity contribution in [3.8, 4) is 0 Å². The Kier molecular flexibility index (Phi) is 7.61. The van der Waals surface area contributed by atoms with Crippen LogP contribution in [-0.2, 0) is 0 Å². The standard InChI is InChI=1S/C14H23N/c1-6-12(3)8-9-14(10-11-15-5)13(4)7-2/h8-9,11H,3,6-7,10H2,1-2,4-5H3/b9-8-,14-13+,15-11?. The Morgan fingerprint density at radius 3 is 2.33 bits per heavy atom. The van der Waals surface area contributed by atoms with Crippen molar-refractivity contribution in [3.63, 3.8) is 0 Å². The highest BCUT2D eigenvalue weighted by atomic mass is 14.6. The van der Waals surface area contributed by atoms with Crippen LogP contribution in [-0.4, -0.2) is 13.3 Å². The molecule has 0 radical (unpaired) electrons. The molecule has 84 valence electrons. The molecule has 0 aliphatic carbocycles. The topological polar surface area (TPSA) is 12.4 Å². The van der Waals surface area contributed by atoms with Crippen molar-refractivity contribution < 1.29 is 0 Å². The van der Waals surface area contributed by atoms with Crippen LogP contribution in [0.15, 0.2) is 40.4 Å². The second kappa shape index (κ2) is 8.22. The predicted octanol–water partition coefficient (Wildman–Crippen LogP) is 4.33. The van der Waals surface area contributed by atoms with Gasteiger partial charge in [0.25, 0.3) is 0 Å². The molecule has 0 bridgehead atoms. The summed E-state index contributed by atoms with van der Waals surface area (Å²) in [6, 6.07) is 0. The molecule has 0 fully saturated rings. The summed E-state index contributed by atoms with van der Waals surface area (Å²) < 4.78 is 0. The van der Waals surface area contributed by atoms with Gasteiger partial charge in [0.05, 0.1) is 0 Å². The molecule has 0 aliphatic heterocycles. The van der Waals surface area contributed by atoms with E-state index in [2.05, 4.69) is 44.5 Å². The number of aliphatic imine (C=N–C) groups is 1. The zero-order valence-corrected chi connectivity index (χ0v) is 10.5. The molecule has 15 heavy (non-hydrogen) atoms. The minimum absolute atomic E-state index is 0.920. The maximum Gasteiger partial charge on any atom is 0.0273 e. The molecule has 1 heteroatoms. The highest BCUT2D eigenvalue weighted by molar-refractivity contribution is 5.62. The molecule has 0 aromatic rings. The van der Waals surface area contributed by atoms with Crippen LogP contribution in [0.5, 0.6) is 0 Å². The fourth-order valence-electron chi connectivity index (χ4n) is 1.14. The Labute approximate surface area is 94.3 Å². The third-order valence-electron chi connectivity index (χ3n) is 2.55. The van der Waals surface area contributed by atoms with Gasteiger partial charge in [-0.1, -0.05) is 43.7 Å². The molecule has 0 heterocycles. The van der Waals surface area contributed by atoms with E-state index in [0.717, 1.165) is 19.3 Å². The monoisotopic (exact) mass is 205 g/mol. The van der Waals surface area contributed by atoms with E-state index in [4.69, 9.17) is 0 Å². The Morgan fingerprint density at radius 2 is 1.87 bits per heavy atom. The van der Waals surface area contributed by atoms with Crippen LogP contribution in [0.25, 0.3) is 0 Å². The van der Waals surface area contributed by atoms with Gasteiger partial charge in [-0.2, -0.15) is 0 Å². The van der Waals surface area contributed by atoms with Crippen molar-refractivity contribution >= 4 is 6.21 Å². The van der Waals surface area contributed by atoms with Crippen LogP contribution in [0.1, 0.15) is 40.0 Å². The molecule has 0 rings (SSSR count). The highest BCUT2D eigenvalue weighted by Crippen LogP contribution is 2.14. The van der Waals surface area contributed by atoms with E-state index in [1.165, 1.54) is 16.7 Å². The molecule has 0 amide bonds. The fraction of sp³-hybridized carbons (Fsp3) is 0.500. The molecule has 0 spiro atoms. The number of rotatable bonds is 6. The number of hydrogen-bond acceptors (Lipinski definition) is 1. The van der Waals surface area contributed by atoms with Crippen LogP contribution >= 0.6 is 0 Å². The Hall–Kier alpha value is -1.11. The van der Waals surface area contributed by atoms with Crippen molar-refractivity contribution in [3.05, 3.63) is 35.5 Å². The summed E-state index contributed by atoms with van der Waals surface area (Å²) in [5.41, 5.74) is 3.96. The van der Waals surface area contributed by atoms with Crippen molar-refractivity contribution in [2.75, 3.05) is 7.05 Å². The van der Waals surface area contributed by atoms with Crippen molar-refractivity contribution in [2.45, 2.75) is 40.0 Å². The largest absolute Gasteiger partial charge is 0.301 e. The molecule has 0 atom stereocenters. The van der Waals surface area contributed by atoms with E-state index in [9.17, 15) is 0 Å².